The highest BCUT2D eigenvalue weighted by molar-refractivity contribution is 9.10. The van der Waals surface area contributed by atoms with Gasteiger partial charge in [0.25, 0.3) is 5.91 Å². The van der Waals surface area contributed by atoms with Gasteiger partial charge in [0.05, 0.1) is 4.47 Å². The average molecular weight is 384 g/mol. The summed E-state index contributed by atoms with van der Waals surface area (Å²) >= 11 is 9.24. The van der Waals surface area contributed by atoms with Crippen LogP contribution >= 0.6 is 27.5 Å². The smallest absolute Gasteiger partial charge is 0.259 e. The molecule has 1 heterocycles. The van der Waals surface area contributed by atoms with E-state index >= 15 is 0 Å². The van der Waals surface area contributed by atoms with E-state index in [2.05, 4.69) is 15.9 Å². The first kappa shape index (κ1) is 16.8. The summed E-state index contributed by atoms with van der Waals surface area (Å²) < 4.78 is 2.26. The van der Waals surface area contributed by atoms with Gasteiger partial charge in [-0.15, -0.1) is 0 Å². The molecule has 116 valence electrons. The highest BCUT2D eigenvalue weighted by Crippen LogP contribution is 2.23. The van der Waals surface area contributed by atoms with Crippen molar-refractivity contribution in [3.8, 4) is 5.69 Å². The molecule has 0 aliphatic rings. The van der Waals surface area contributed by atoms with Gasteiger partial charge in [-0.2, -0.15) is 0 Å². The number of aromatic nitrogens is 1. The fourth-order valence-electron chi connectivity index (χ4n) is 2.35. The summed E-state index contributed by atoms with van der Waals surface area (Å²) in [5.41, 5.74) is 2.05. The maximum absolute atomic E-state index is 12.5. The molecule has 0 bridgehead atoms. The molecule has 22 heavy (non-hydrogen) atoms. The molecule has 1 aromatic heterocycles. The maximum Gasteiger partial charge on any atom is 0.259 e. The highest BCUT2D eigenvalue weighted by atomic mass is 79.9. The van der Waals surface area contributed by atoms with Crippen LogP contribution in [0.1, 0.15) is 21.7 Å². The predicted octanol–water partition coefficient (Wildman–Crippen LogP) is 3.57. The largest absolute Gasteiger partial charge is 0.345 e. The number of carbonyl (C=O) groups excluding carboxylic acids is 1. The van der Waals surface area contributed by atoms with Gasteiger partial charge in [-0.25, -0.2) is 0 Å². The Morgan fingerprint density at radius 2 is 1.68 bits per heavy atom. The van der Waals surface area contributed by atoms with Gasteiger partial charge in [-0.3, -0.25) is 9.59 Å². The minimum Gasteiger partial charge on any atom is -0.345 e. The summed E-state index contributed by atoms with van der Waals surface area (Å²) in [5.74, 6) is -0.314. The Morgan fingerprint density at radius 3 is 2.18 bits per heavy atom. The first-order valence-corrected chi connectivity index (χ1v) is 7.82. The van der Waals surface area contributed by atoms with Crippen LogP contribution < -0.4 is 5.43 Å². The molecule has 2 rings (SSSR count). The number of hydrogen-bond acceptors (Lipinski definition) is 2. The lowest BCUT2D eigenvalue weighted by atomic mass is 10.1. The molecule has 0 aliphatic heterocycles. The van der Waals surface area contributed by atoms with Crippen LogP contribution in [0.2, 0.25) is 5.02 Å². The summed E-state index contributed by atoms with van der Waals surface area (Å²) in [7, 11) is 3.25. The molecule has 1 aromatic carbocycles. The number of hydrogen-bond donors (Lipinski definition) is 0. The zero-order chi connectivity index (χ0) is 16.6. The van der Waals surface area contributed by atoms with Crippen molar-refractivity contribution in [3.05, 3.63) is 60.9 Å². The number of carbonyl (C=O) groups is 1. The van der Waals surface area contributed by atoms with Gasteiger partial charge >= 0.3 is 0 Å². The predicted molar refractivity (Wildman–Crippen MR) is 92.2 cm³/mol. The van der Waals surface area contributed by atoms with Crippen LogP contribution in [0.25, 0.3) is 5.69 Å². The number of pyridine rings is 1. The second-order valence-electron chi connectivity index (χ2n) is 5.20. The van der Waals surface area contributed by atoms with Crippen LogP contribution in [-0.2, 0) is 0 Å². The molecule has 0 N–H and O–H groups in total. The number of rotatable bonds is 2. The lowest BCUT2D eigenvalue weighted by molar-refractivity contribution is 0.0824. The Hall–Kier alpha value is -1.59. The van der Waals surface area contributed by atoms with Gasteiger partial charge < -0.3 is 9.47 Å². The van der Waals surface area contributed by atoms with Crippen molar-refractivity contribution in [1.29, 1.82) is 0 Å². The van der Waals surface area contributed by atoms with E-state index < -0.39 is 0 Å². The number of halogens is 2. The van der Waals surface area contributed by atoms with E-state index in [9.17, 15) is 9.59 Å². The molecule has 0 aliphatic carbocycles. The van der Waals surface area contributed by atoms with E-state index in [0.717, 1.165) is 11.4 Å². The lowest BCUT2D eigenvalue weighted by Gasteiger charge is -2.20. The third kappa shape index (κ3) is 2.83. The second-order valence-corrected chi connectivity index (χ2v) is 6.43. The van der Waals surface area contributed by atoms with Gasteiger partial charge in [0.15, 0.2) is 0 Å². The molecule has 0 spiro atoms. The Bertz CT molecular complexity index is 795. The first-order chi connectivity index (χ1) is 10.3. The molecule has 0 saturated carbocycles. The van der Waals surface area contributed by atoms with Gasteiger partial charge in [-0.05, 0) is 54.0 Å². The monoisotopic (exact) mass is 382 g/mol. The fraction of sp³-hybridized carbons (Fsp3) is 0.250. The standard InChI is InChI=1S/C16H16BrClN2O2/c1-9-13(16(22)19(3)4)15(21)14(17)10(2)20(9)12-7-5-11(18)6-8-12/h5-8H,1-4H3. The summed E-state index contributed by atoms with van der Waals surface area (Å²) in [6, 6.07) is 7.25. The van der Waals surface area contributed by atoms with E-state index in [4.69, 9.17) is 11.6 Å². The zero-order valence-corrected chi connectivity index (χ0v) is 15.1. The maximum atomic E-state index is 12.5. The molecule has 0 radical (unpaired) electrons. The van der Waals surface area contributed by atoms with Crippen LogP contribution in [0.3, 0.4) is 0 Å². The number of nitrogens with zero attached hydrogens (tertiary/aromatic N) is 2. The van der Waals surface area contributed by atoms with Gasteiger partial charge in [-0.1, -0.05) is 11.6 Å². The van der Waals surface area contributed by atoms with Gasteiger partial charge in [0, 0.05) is 36.2 Å². The molecule has 0 fully saturated rings. The quantitative estimate of drug-likeness (QED) is 0.795. The summed E-state index contributed by atoms with van der Waals surface area (Å²) in [6.45, 7) is 3.60. The van der Waals surface area contributed by atoms with E-state index in [1.165, 1.54) is 4.90 Å². The molecular weight excluding hydrogens is 368 g/mol. The van der Waals surface area contributed by atoms with E-state index in [0.29, 0.717) is 15.2 Å². The SMILES string of the molecule is Cc1c(Br)c(=O)c(C(=O)N(C)C)c(C)n1-c1ccc(Cl)cc1. The van der Waals surface area contributed by atoms with Crippen molar-refractivity contribution < 1.29 is 4.79 Å². The van der Waals surface area contributed by atoms with Crippen LogP contribution in [0.5, 0.6) is 0 Å². The number of amides is 1. The van der Waals surface area contributed by atoms with Crippen molar-refractivity contribution in [2.24, 2.45) is 0 Å². The molecule has 0 unspecified atom stereocenters. The third-order valence-electron chi connectivity index (χ3n) is 3.48. The lowest BCUT2D eigenvalue weighted by Crippen LogP contribution is -2.31. The minimum atomic E-state index is -0.314. The van der Waals surface area contributed by atoms with Crippen LogP contribution in [0, 0.1) is 13.8 Å². The van der Waals surface area contributed by atoms with E-state index in [-0.39, 0.29) is 16.9 Å². The van der Waals surface area contributed by atoms with Crippen molar-refractivity contribution in [3.63, 3.8) is 0 Å². The zero-order valence-electron chi connectivity index (χ0n) is 12.8. The molecule has 1 amide bonds. The van der Waals surface area contributed by atoms with Crippen LogP contribution in [0.4, 0.5) is 0 Å². The minimum absolute atomic E-state index is 0.164. The molecule has 4 nitrogen and oxygen atoms in total. The van der Waals surface area contributed by atoms with E-state index in [1.54, 1.807) is 33.2 Å². The van der Waals surface area contributed by atoms with Crippen LogP contribution in [-0.4, -0.2) is 29.5 Å². The number of benzene rings is 1. The Kier molecular flexibility index (Phi) is 4.78. The van der Waals surface area contributed by atoms with Gasteiger partial charge in [0.2, 0.25) is 5.43 Å². The third-order valence-corrected chi connectivity index (χ3v) is 4.67. The first-order valence-electron chi connectivity index (χ1n) is 6.65. The normalized spacial score (nSPS) is 10.6. The molecule has 0 atom stereocenters. The Balaban J connectivity index is 2.83. The molecular formula is C16H16BrClN2O2. The topological polar surface area (TPSA) is 42.3 Å². The summed E-state index contributed by atoms with van der Waals surface area (Å²) in [6.07, 6.45) is 0. The Labute approximate surface area is 142 Å². The van der Waals surface area contributed by atoms with E-state index in [1.807, 2.05) is 23.6 Å². The van der Waals surface area contributed by atoms with Crippen molar-refractivity contribution in [2.75, 3.05) is 14.1 Å². The Morgan fingerprint density at radius 1 is 1.14 bits per heavy atom. The van der Waals surface area contributed by atoms with Crippen LogP contribution in [0.15, 0.2) is 33.5 Å². The highest BCUT2D eigenvalue weighted by Gasteiger charge is 2.22. The van der Waals surface area contributed by atoms with Gasteiger partial charge in [0.1, 0.15) is 5.56 Å². The summed E-state index contributed by atoms with van der Waals surface area (Å²) in [5, 5.41) is 0.628. The van der Waals surface area contributed by atoms with Crippen molar-refractivity contribution in [2.45, 2.75) is 13.8 Å². The second kappa shape index (κ2) is 6.26. The summed E-state index contributed by atoms with van der Waals surface area (Å²) in [4.78, 5) is 26.2. The molecule has 0 saturated heterocycles. The van der Waals surface area contributed by atoms with Crippen molar-refractivity contribution >= 4 is 33.4 Å². The fourth-order valence-corrected chi connectivity index (χ4v) is 2.85. The molecule has 6 heteroatoms. The van der Waals surface area contributed by atoms with Crippen molar-refractivity contribution in [1.82, 2.24) is 9.47 Å². The average Bonchev–Trinajstić information content (AvgIpc) is 2.47. The molecule has 2 aromatic rings.